The summed E-state index contributed by atoms with van der Waals surface area (Å²) in [5.41, 5.74) is 11.7. The van der Waals surface area contributed by atoms with E-state index in [2.05, 4.69) is 20.6 Å². The van der Waals surface area contributed by atoms with E-state index >= 15 is 0 Å². The molecule has 170 valence electrons. The van der Waals surface area contributed by atoms with E-state index in [1.54, 1.807) is 0 Å². The third kappa shape index (κ3) is 7.06. The number of nitrogens with zero attached hydrogens (tertiary/aromatic N) is 2. The molecule has 0 radical (unpaired) electrons. The second-order valence-corrected chi connectivity index (χ2v) is 7.25. The molecular weight excluding hydrogens is 410 g/mol. The van der Waals surface area contributed by atoms with E-state index in [0.29, 0.717) is 18.5 Å². The number of carbonyl (C=O) groups is 5. The fraction of sp³-hybridized carbons (Fsp3) is 0.556. The van der Waals surface area contributed by atoms with Crippen molar-refractivity contribution in [3.8, 4) is 0 Å². The maximum atomic E-state index is 13.1. The monoisotopic (exact) mass is 437 g/mol. The van der Waals surface area contributed by atoms with Gasteiger partial charge < -0.3 is 37.1 Å². The van der Waals surface area contributed by atoms with Crippen molar-refractivity contribution in [3.63, 3.8) is 0 Å². The van der Waals surface area contributed by atoms with E-state index in [0.717, 1.165) is 0 Å². The summed E-state index contributed by atoms with van der Waals surface area (Å²) < 4.78 is 0. The first kappa shape index (κ1) is 23.8. The van der Waals surface area contributed by atoms with E-state index < -0.39 is 54.3 Å². The average molecular weight is 437 g/mol. The number of aliphatic carboxylic acids is 1. The molecule has 2 rings (SSSR count). The van der Waals surface area contributed by atoms with Crippen molar-refractivity contribution in [1.29, 1.82) is 0 Å². The van der Waals surface area contributed by atoms with Gasteiger partial charge in [0, 0.05) is 31.3 Å². The minimum Gasteiger partial charge on any atom is -0.480 e. The number of rotatable bonds is 11. The summed E-state index contributed by atoms with van der Waals surface area (Å²) in [6, 6.07) is -2.95. The number of carbonyl (C=O) groups excluding carboxylic acids is 4. The highest BCUT2D eigenvalue weighted by molar-refractivity contribution is 5.94. The Kier molecular flexibility index (Phi) is 8.49. The Labute approximate surface area is 177 Å². The molecule has 1 aliphatic heterocycles. The Bertz CT molecular complexity index is 812. The zero-order valence-electron chi connectivity index (χ0n) is 16.9. The number of carboxylic acid groups (broad SMARTS) is 1. The van der Waals surface area contributed by atoms with Crippen molar-refractivity contribution in [1.82, 2.24) is 25.5 Å². The van der Waals surface area contributed by atoms with Gasteiger partial charge in [-0.2, -0.15) is 0 Å². The van der Waals surface area contributed by atoms with Gasteiger partial charge in [0.1, 0.15) is 18.6 Å². The van der Waals surface area contributed by atoms with E-state index in [1.165, 1.54) is 17.4 Å². The van der Waals surface area contributed by atoms with Crippen LogP contribution in [0.5, 0.6) is 0 Å². The van der Waals surface area contributed by atoms with Crippen molar-refractivity contribution < 1.29 is 29.1 Å². The zero-order chi connectivity index (χ0) is 23.0. The number of nitrogens with two attached hydrogens (primary N) is 2. The van der Waals surface area contributed by atoms with Gasteiger partial charge in [-0.15, -0.1) is 0 Å². The molecule has 2 heterocycles. The number of H-pyrrole nitrogens is 1. The lowest BCUT2D eigenvalue weighted by atomic mass is 10.1. The summed E-state index contributed by atoms with van der Waals surface area (Å²) in [5, 5.41) is 13.5. The number of imidazole rings is 1. The number of nitrogens with one attached hydrogen (secondary N) is 3. The molecule has 1 fully saturated rings. The van der Waals surface area contributed by atoms with Crippen molar-refractivity contribution in [2.45, 2.75) is 50.2 Å². The van der Waals surface area contributed by atoms with E-state index in [1.807, 2.05) is 0 Å². The highest BCUT2D eigenvalue weighted by atomic mass is 16.4. The maximum absolute atomic E-state index is 13.1. The molecule has 1 aromatic rings. The Balaban J connectivity index is 2.07. The number of likely N-dealkylation sites (tertiary alicyclic amines) is 1. The first-order chi connectivity index (χ1) is 14.7. The first-order valence-corrected chi connectivity index (χ1v) is 9.80. The molecule has 1 aliphatic rings. The Morgan fingerprint density at radius 2 is 2.06 bits per heavy atom. The summed E-state index contributed by atoms with van der Waals surface area (Å²) in [5.74, 6) is -3.61. The summed E-state index contributed by atoms with van der Waals surface area (Å²) in [6.45, 7) is -0.311. The molecule has 8 N–H and O–H groups in total. The lowest BCUT2D eigenvalue weighted by molar-refractivity contribution is -0.143. The Hall–Kier alpha value is -3.48. The van der Waals surface area contributed by atoms with Crippen LogP contribution in [0.1, 0.15) is 31.4 Å². The zero-order valence-corrected chi connectivity index (χ0v) is 16.9. The molecule has 0 saturated carbocycles. The SMILES string of the molecule is NC(=O)CCC(NC(=O)C(N)Cc1cnc[nH]1)C(=O)N1CCCC1C(=O)NCC(=O)O. The molecule has 13 nitrogen and oxygen atoms in total. The molecule has 0 aliphatic carbocycles. The molecule has 1 aromatic heterocycles. The smallest absolute Gasteiger partial charge is 0.322 e. The van der Waals surface area contributed by atoms with Crippen LogP contribution in [0.3, 0.4) is 0 Å². The molecular formula is C18H27N7O6. The van der Waals surface area contributed by atoms with Gasteiger partial charge >= 0.3 is 5.97 Å². The van der Waals surface area contributed by atoms with Crippen LogP contribution >= 0.6 is 0 Å². The third-order valence-electron chi connectivity index (χ3n) is 4.88. The largest absolute Gasteiger partial charge is 0.480 e. The lowest BCUT2D eigenvalue weighted by Gasteiger charge is -2.29. The molecule has 3 unspecified atom stereocenters. The Morgan fingerprint density at radius 3 is 2.68 bits per heavy atom. The first-order valence-electron chi connectivity index (χ1n) is 9.80. The Morgan fingerprint density at radius 1 is 1.32 bits per heavy atom. The molecule has 0 spiro atoms. The van der Waals surface area contributed by atoms with Crippen LogP contribution in [0.2, 0.25) is 0 Å². The van der Waals surface area contributed by atoms with Crippen LogP contribution < -0.4 is 22.1 Å². The van der Waals surface area contributed by atoms with Gasteiger partial charge in [0.05, 0.1) is 12.4 Å². The second kappa shape index (κ2) is 11.1. The number of amides is 4. The lowest BCUT2D eigenvalue weighted by Crippen LogP contribution is -2.56. The summed E-state index contributed by atoms with van der Waals surface area (Å²) in [4.78, 5) is 67.8. The minimum atomic E-state index is -1.21. The fourth-order valence-electron chi connectivity index (χ4n) is 3.33. The van der Waals surface area contributed by atoms with Crippen LogP contribution in [0.25, 0.3) is 0 Å². The normalized spacial score (nSPS) is 17.6. The summed E-state index contributed by atoms with van der Waals surface area (Å²) in [7, 11) is 0. The van der Waals surface area contributed by atoms with Gasteiger partial charge in [-0.3, -0.25) is 24.0 Å². The van der Waals surface area contributed by atoms with Gasteiger partial charge in [-0.05, 0) is 19.3 Å². The number of primary amides is 1. The minimum absolute atomic E-state index is 0.0589. The highest BCUT2D eigenvalue weighted by Crippen LogP contribution is 2.19. The average Bonchev–Trinajstić information content (AvgIpc) is 3.40. The number of hydrogen-bond donors (Lipinski definition) is 6. The summed E-state index contributed by atoms with van der Waals surface area (Å²) >= 11 is 0. The van der Waals surface area contributed by atoms with Gasteiger partial charge in [0.15, 0.2) is 0 Å². The molecule has 4 amide bonds. The number of aromatic amines is 1. The van der Waals surface area contributed by atoms with Crippen LogP contribution in [-0.2, 0) is 30.4 Å². The molecule has 13 heteroatoms. The maximum Gasteiger partial charge on any atom is 0.322 e. The number of hydrogen-bond acceptors (Lipinski definition) is 7. The van der Waals surface area contributed by atoms with E-state index in [4.69, 9.17) is 16.6 Å². The van der Waals surface area contributed by atoms with Gasteiger partial charge in [0.25, 0.3) is 0 Å². The summed E-state index contributed by atoms with van der Waals surface area (Å²) in [6.07, 6.45) is 3.80. The van der Waals surface area contributed by atoms with Crippen LogP contribution in [0.15, 0.2) is 12.5 Å². The molecule has 31 heavy (non-hydrogen) atoms. The van der Waals surface area contributed by atoms with Crippen LogP contribution in [-0.4, -0.2) is 80.8 Å². The third-order valence-corrected chi connectivity index (χ3v) is 4.88. The predicted octanol–water partition coefficient (Wildman–Crippen LogP) is -2.78. The molecule has 3 atom stereocenters. The fourth-order valence-corrected chi connectivity index (χ4v) is 3.33. The topological polar surface area (TPSA) is 214 Å². The van der Waals surface area contributed by atoms with Crippen molar-refractivity contribution >= 4 is 29.6 Å². The second-order valence-electron chi connectivity index (χ2n) is 7.25. The van der Waals surface area contributed by atoms with Crippen molar-refractivity contribution in [3.05, 3.63) is 18.2 Å². The molecule has 0 aromatic carbocycles. The highest BCUT2D eigenvalue weighted by Gasteiger charge is 2.38. The van der Waals surface area contributed by atoms with Crippen molar-refractivity contribution in [2.75, 3.05) is 13.1 Å². The van der Waals surface area contributed by atoms with Crippen LogP contribution in [0.4, 0.5) is 0 Å². The van der Waals surface area contributed by atoms with E-state index in [-0.39, 0.29) is 25.8 Å². The van der Waals surface area contributed by atoms with Gasteiger partial charge in [-0.1, -0.05) is 0 Å². The number of aromatic nitrogens is 2. The van der Waals surface area contributed by atoms with Crippen LogP contribution in [0, 0.1) is 0 Å². The molecule has 1 saturated heterocycles. The van der Waals surface area contributed by atoms with Gasteiger partial charge in [0.2, 0.25) is 23.6 Å². The van der Waals surface area contributed by atoms with E-state index in [9.17, 15) is 24.0 Å². The van der Waals surface area contributed by atoms with Gasteiger partial charge in [-0.25, -0.2) is 4.98 Å². The predicted molar refractivity (Wildman–Crippen MR) is 106 cm³/mol. The number of carboxylic acids is 1. The quantitative estimate of drug-likeness (QED) is 0.212. The molecule has 0 bridgehead atoms. The van der Waals surface area contributed by atoms with Crippen molar-refractivity contribution in [2.24, 2.45) is 11.5 Å². The standard InChI is InChI=1S/C18H27N7O6/c19-11(6-10-7-21-9-23-10)16(29)24-12(3-4-14(20)26)18(31)25-5-1-2-13(25)17(30)22-8-15(27)28/h7,9,11-13H,1-6,8,19H2,(H2,20,26)(H,21,23)(H,22,30)(H,24,29)(H,27,28).